The second-order valence-corrected chi connectivity index (χ2v) is 6.50. The van der Waals surface area contributed by atoms with Crippen molar-refractivity contribution in [2.45, 2.75) is 37.1 Å². The van der Waals surface area contributed by atoms with E-state index in [-0.39, 0.29) is 13.1 Å². The Morgan fingerprint density at radius 3 is 2.64 bits per heavy atom. The Morgan fingerprint density at radius 1 is 1.28 bits per heavy atom. The number of aromatic nitrogens is 1. The van der Waals surface area contributed by atoms with Gasteiger partial charge in [-0.2, -0.15) is 13.2 Å². The van der Waals surface area contributed by atoms with Crippen molar-refractivity contribution in [1.82, 2.24) is 9.88 Å². The van der Waals surface area contributed by atoms with Crippen LogP contribution in [0.2, 0.25) is 0 Å². The molecule has 1 aromatic carbocycles. The smallest absolute Gasteiger partial charge is 0.380 e. The van der Waals surface area contributed by atoms with Crippen molar-refractivity contribution in [3.05, 3.63) is 42.1 Å². The summed E-state index contributed by atoms with van der Waals surface area (Å²) in [7, 11) is 0. The van der Waals surface area contributed by atoms with Gasteiger partial charge in [0.2, 0.25) is 0 Å². The molecular formula is C18H19F3N2O2. The topological polar surface area (TPSA) is 53.4 Å². The number of benzene rings is 1. The van der Waals surface area contributed by atoms with Gasteiger partial charge in [0.05, 0.1) is 11.6 Å². The lowest BCUT2D eigenvalue weighted by Gasteiger charge is -2.41. The van der Waals surface area contributed by atoms with Crippen LogP contribution < -0.4 is 0 Å². The third-order valence-corrected chi connectivity index (χ3v) is 4.89. The van der Waals surface area contributed by atoms with E-state index in [1.165, 1.54) is 0 Å². The van der Waals surface area contributed by atoms with Crippen LogP contribution in [0.15, 0.2) is 36.5 Å². The molecular weight excluding hydrogens is 333 g/mol. The van der Waals surface area contributed by atoms with E-state index in [1.807, 2.05) is 30.3 Å². The highest BCUT2D eigenvalue weighted by molar-refractivity contribution is 5.79. The van der Waals surface area contributed by atoms with Gasteiger partial charge in [0.15, 0.2) is 5.60 Å². The van der Waals surface area contributed by atoms with E-state index in [0.29, 0.717) is 6.42 Å². The third-order valence-electron chi connectivity index (χ3n) is 4.89. The number of fused-ring (bicyclic) bond motifs is 1. The van der Waals surface area contributed by atoms with Gasteiger partial charge >= 0.3 is 6.18 Å². The average molecular weight is 352 g/mol. The highest BCUT2D eigenvalue weighted by Gasteiger charge is 2.54. The van der Waals surface area contributed by atoms with Crippen molar-refractivity contribution in [2.75, 3.05) is 13.1 Å². The molecule has 1 fully saturated rings. The molecule has 134 valence electrons. The number of pyridine rings is 1. The van der Waals surface area contributed by atoms with Gasteiger partial charge in [-0.15, -0.1) is 0 Å². The van der Waals surface area contributed by atoms with Gasteiger partial charge in [0.25, 0.3) is 0 Å². The van der Waals surface area contributed by atoms with Crippen LogP contribution in [0.25, 0.3) is 10.9 Å². The van der Waals surface area contributed by atoms with Gasteiger partial charge in [-0.05, 0) is 43.0 Å². The molecule has 1 N–H and O–H groups in total. The predicted octanol–water partition coefficient (Wildman–Crippen LogP) is 2.73. The van der Waals surface area contributed by atoms with Gasteiger partial charge in [-0.3, -0.25) is 9.88 Å². The van der Waals surface area contributed by atoms with Crippen molar-refractivity contribution in [2.24, 2.45) is 0 Å². The number of carbonyl (C=O) groups is 1. The van der Waals surface area contributed by atoms with Crippen molar-refractivity contribution in [1.29, 1.82) is 0 Å². The molecule has 1 atom stereocenters. The summed E-state index contributed by atoms with van der Waals surface area (Å²) < 4.78 is 38.7. The summed E-state index contributed by atoms with van der Waals surface area (Å²) in [5.74, 6) is 0. The van der Waals surface area contributed by atoms with Crippen LogP contribution in [0.4, 0.5) is 13.2 Å². The van der Waals surface area contributed by atoms with Crippen molar-refractivity contribution in [3.63, 3.8) is 0 Å². The Bertz CT molecular complexity index is 755. The number of nitrogens with zero attached hydrogens (tertiary/aromatic N) is 2. The molecule has 3 rings (SSSR count). The molecule has 0 bridgehead atoms. The maximum atomic E-state index is 12.9. The van der Waals surface area contributed by atoms with E-state index in [1.54, 1.807) is 11.1 Å². The van der Waals surface area contributed by atoms with Crippen molar-refractivity contribution >= 4 is 17.2 Å². The molecule has 1 aliphatic rings. The van der Waals surface area contributed by atoms with Crippen LogP contribution in [-0.2, 0) is 11.2 Å². The molecule has 2 aromatic rings. The fourth-order valence-corrected chi connectivity index (χ4v) is 3.27. The Hall–Kier alpha value is -1.99. The molecule has 4 nitrogen and oxygen atoms in total. The lowest BCUT2D eigenvalue weighted by Crippen LogP contribution is -2.55. The van der Waals surface area contributed by atoms with Gasteiger partial charge in [-0.1, -0.05) is 12.1 Å². The van der Waals surface area contributed by atoms with Crippen LogP contribution >= 0.6 is 0 Å². The Morgan fingerprint density at radius 2 is 2.00 bits per heavy atom. The second-order valence-electron chi connectivity index (χ2n) is 6.50. The first-order valence-electron chi connectivity index (χ1n) is 8.14. The number of piperidine rings is 1. The first-order valence-corrected chi connectivity index (χ1v) is 8.14. The largest absolute Gasteiger partial charge is 0.417 e. The highest BCUT2D eigenvalue weighted by atomic mass is 19.4. The van der Waals surface area contributed by atoms with Crippen molar-refractivity contribution in [3.8, 4) is 0 Å². The minimum atomic E-state index is -4.64. The van der Waals surface area contributed by atoms with Crippen LogP contribution in [0.3, 0.4) is 0 Å². The summed E-state index contributed by atoms with van der Waals surface area (Å²) in [6.45, 7) is 0.0725. The normalized spacial score (nSPS) is 19.7. The number of aldehydes is 1. The van der Waals surface area contributed by atoms with Crippen LogP contribution in [-0.4, -0.2) is 52.2 Å². The molecule has 1 aliphatic heterocycles. The fourth-order valence-electron chi connectivity index (χ4n) is 3.27. The molecule has 0 amide bonds. The number of aliphatic hydroxyl groups is 1. The zero-order valence-electron chi connectivity index (χ0n) is 13.5. The minimum Gasteiger partial charge on any atom is -0.380 e. The monoisotopic (exact) mass is 352 g/mol. The van der Waals surface area contributed by atoms with Crippen LogP contribution in [0, 0.1) is 0 Å². The van der Waals surface area contributed by atoms with Gasteiger partial charge in [-0.25, -0.2) is 0 Å². The molecule has 2 heterocycles. The maximum absolute atomic E-state index is 12.9. The molecule has 1 unspecified atom stereocenters. The summed E-state index contributed by atoms with van der Waals surface area (Å²) >= 11 is 0. The Kier molecular flexibility index (Phi) is 4.79. The Balaban J connectivity index is 1.69. The van der Waals surface area contributed by atoms with E-state index in [4.69, 9.17) is 0 Å². The summed E-state index contributed by atoms with van der Waals surface area (Å²) in [6.07, 6.45) is -2.58. The molecule has 1 saturated heterocycles. The van der Waals surface area contributed by atoms with E-state index >= 15 is 0 Å². The van der Waals surface area contributed by atoms with E-state index < -0.39 is 30.7 Å². The summed E-state index contributed by atoms with van der Waals surface area (Å²) in [4.78, 5) is 17.4. The zero-order valence-corrected chi connectivity index (χ0v) is 13.5. The molecule has 0 saturated carbocycles. The number of hydrogen-bond acceptors (Lipinski definition) is 4. The number of rotatable bonds is 4. The second kappa shape index (κ2) is 6.72. The van der Waals surface area contributed by atoms with E-state index in [9.17, 15) is 23.1 Å². The fraction of sp³-hybridized carbons (Fsp3) is 0.444. The highest BCUT2D eigenvalue weighted by Crippen LogP contribution is 2.38. The molecule has 0 radical (unpaired) electrons. The third kappa shape index (κ3) is 3.67. The minimum absolute atomic E-state index is 0.0363. The quantitative estimate of drug-likeness (QED) is 0.860. The van der Waals surface area contributed by atoms with E-state index in [2.05, 4.69) is 4.98 Å². The van der Waals surface area contributed by atoms with Crippen LogP contribution in [0.1, 0.15) is 18.4 Å². The summed E-state index contributed by atoms with van der Waals surface area (Å²) in [5, 5.41) is 10.7. The molecule has 0 aliphatic carbocycles. The zero-order chi connectivity index (χ0) is 18.1. The lowest BCUT2D eigenvalue weighted by molar-refractivity contribution is -0.273. The first kappa shape index (κ1) is 17.8. The molecule has 0 spiro atoms. The van der Waals surface area contributed by atoms with Gasteiger partial charge < -0.3 is 9.90 Å². The SMILES string of the molecule is O=CC(Cc1ccc2ncccc2c1)N1CCC(O)(C(F)(F)F)CC1. The number of alkyl halides is 3. The molecule has 25 heavy (non-hydrogen) atoms. The Labute approximate surface area is 143 Å². The average Bonchev–Trinajstić information content (AvgIpc) is 2.59. The number of carbonyl (C=O) groups excluding carboxylic acids is 1. The molecule has 7 heteroatoms. The predicted molar refractivity (Wildman–Crippen MR) is 87.1 cm³/mol. The lowest BCUT2D eigenvalue weighted by atomic mass is 9.89. The van der Waals surface area contributed by atoms with Crippen molar-refractivity contribution < 1.29 is 23.1 Å². The number of hydrogen-bond donors (Lipinski definition) is 1. The molecule has 1 aromatic heterocycles. The standard InChI is InChI=1S/C18H19F3N2O2/c19-18(20,21)17(25)5-8-23(9-6-17)15(12-24)11-13-3-4-16-14(10-13)2-1-7-22-16/h1-4,7,10,12,15,25H,5-6,8-9,11H2. The first-order chi connectivity index (χ1) is 11.8. The summed E-state index contributed by atoms with van der Waals surface area (Å²) in [5.41, 5.74) is -0.873. The summed E-state index contributed by atoms with van der Waals surface area (Å²) in [6, 6.07) is 8.92. The number of likely N-dealkylation sites (tertiary alicyclic amines) is 1. The number of halogens is 3. The maximum Gasteiger partial charge on any atom is 0.417 e. The van der Waals surface area contributed by atoms with E-state index in [0.717, 1.165) is 22.8 Å². The van der Waals surface area contributed by atoms with Crippen LogP contribution in [0.5, 0.6) is 0 Å². The van der Waals surface area contributed by atoms with Gasteiger partial charge in [0.1, 0.15) is 6.29 Å². The van der Waals surface area contributed by atoms with Gasteiger partial charge in [0, 0.05) is 24.7 Å².